The third-order valence-electron chi connectivity index (χ3n) is 3.65. The number of hydrogen-bond donors (Lipinski definition) is 2. The summed E-state index contributed by atoms with van der Waals surface area (Å²) in [6, 6.07) is 16.1. The Hall–Kier alpha value is -1.78. The first-order chi connectivity index (χ1) is 9.25. The van der Waals surface area contributed by atoms with E-state index in [2.05, 4.69) is 23.1 Å². The Bertz CT molecular complexity index is 572. The van der Waals surface area contributed by atoms with Crippen molar-refractivity contribution in [3.05, 3.63) is 59.7 Å². The minimum absolute atomic E-state index is 0.632. The van der Waals surface area contributed by atoms with Crippen LogP contribution in [0, 0.1) is 0 Å². The van der Waals surface area contributed by atoms with E-state index < -0.39 is 7.12 Å². The van der Waals surface area contributed by atoms with Gasteiger partial charge in [0.25, 0.3) is 0 Å². The molecule has 0 saturated carbocycles. The smallest absolute Gasteiger partial charge is 0.423 e. The van der Waals surface area contributed by atoms with Crippen molar-refractivity contribution in [1.82, 2.24) is 0 Å². The largest absolute Gasteiger partial charge is 0.488 e. The summed E-state index contributed by atoms with van der Waals surface area (Å²) < 4.78 is 0. The van der Waals surface area contributed by atoms with Gasteiger partial charge >= 0.3 is 7.12 Å². The van der Waals surface area contributed by atoms with Crippen molar-refractivity contribution in [2.45, 2.75) is 13.0 Å². The lowest BCUT2D eigenvalue weighted by molar-refractivity contribution is 0.425. The van der Waals surface area contributed by atoms with Crippen molar-refractivity contribution in [2.75, 3.05) is 11.4 Å². The molecule has 0 saturated heterocycles. The van der Waals surface area contributed by atoms with E-state index >= 15 is 0 Å². The predicted octanol–water partition coefficient (Wildman–Crippen LogP) is 0.929. The summed E-state index contributed by atoms with van der Waals surface area (Å²) in [7, 11) is -1.38. The second-order valence-electron chi connectivity index (χ2n) is 4.88. The molecule has 19 heavy (non-hydrogen) atoms. The van der Waals surface area contributed by atoms with Crippen LogP contribution in [-0.2, 0) is 13.0 Å². The van der Waals surface area contributed by atoms with E-state index in [0.717, 1.165) is 30.8 Å². The molecule has 2 aromatic rings. The van der Waals surface area contributed by atoms with Gasteiger partial charge in [-0.3, -0.25) is 0 Å². The highest BCUT2D eigenvalue weighted by molar-refractivity contribution is 6.59. The fourth-order valence-corrected chi connectivity index (χ4v) is 2.74. The Balaban J connectivity index is 1.88. The van der Waals surface area contributed by atoms with Crippen molar-refractivity contribution in [3.63, 3.8) is 0 Å². The van der Waals surface area contributed by atoms with Gasteiger partial charge in [-0.2, -0.15) is 0 Å². The molecule has 0 radical (unpaired) electrons. The van der Waals surface area contributed by atoms with Gasteiger partial charge in [-0.05, 0) is 29.1 Å². The molecule has 0 bridgehead atoms. The van der Waals surface area contributed by atoms with Crippen LogP contribution in [0.25, 0.3) is 0 Å². The highest BCUT2D eigenvalue weighted by Crippen LogP contribution is 2.27. The molecule has 2 aromatic carbocycles. The molecule has 1 heterocycles. The Labute approximate surface area is 113 Å². The first kappa shape index (κ1) is 12.3. The van der Waals surface area contributed by atoms with Crippen LogP contribution in [-0.4, -0.2) is 23.7 Å². The van der Waals surface area contributed by atoms with E-state index in [1.54, 1.807) is 6.07 Å². The fourth-order valence-electron chi connectivity index (χ4n) is 2.74. The van der Waals surface area contributed by atoms with Crippen molar-refractivity contribution < 1.29 is 10.0 Å². The first-order valence-corrected chi connectivity index (χ1v) is 6.52. The molecule has 2 N–H and O–H groups in total. The Morgan fingerprint density at radius 3 is 2.53 bits per heavy atom. The molecule has 96 valence electrons. The van der Waals surface area contributed by atoms with E-state index in [1.165, 1.54) is 5.56 Å². The molecule has 4 heteroatoms. The molecule has 3 rings (SSSR count). The third-order valence-corrected chi connectivity index (χ3v) is 3.65. The van der Waals surface area contributed by atoms with Crippen LogP contribution in [0.2, 0.25) is 0 Å². The molecule has 0 atom stereocenters. The lowest BCUT2D eigenvalue weighted by atomic mass is 9.76. The van der Waals surface area contributed by atoms with Gasteiger partial charge in [-0.25, -0.2) is 0 Å². The van der Waals surface area contributed by atoms with Crippen molar-refractivity contribution in [2.24, 2.45) is 0 Å². The molecule has 0 fully saturated rings. The monoisotopic (exact) mass is 253 g/mol. The quantitative estimate of drug-likeness (QED) is 0.800. The molecule has 0 amide bonds. The van der Waals surface area contributed by atoms with Gasteiger partial charge in [0.15, 0.2) is 0 Å². The maximum Gasteiger partial charge on any atom is 0.488 e. The molecular formula is C15H16BNO2. The van der Waals surface area contributed by atoms with Gasteiger partial charge in [0.2, 0.25) is 0 Å². The topological polar surface area (TPSA) is 43.7 Å². The van der Waals surface area contributed by atoms with Crippen LogP contribution in [0.3, 0.4) is 0 Å². The number of fused-ring (bicyclic) bond motifs is 1. The normalized spacial score (nSPS) is 13.5. The molecule has 0 unspecified atom stereocenters. The standard InChI is InChI=1S/C15H16BNO2/c18-16(19)14-7-4-8-15-13(14)9-10-17(15)11-12-5-2-1-3-6-12/h1-8,18-19H,9-11H2. The highest BCUT2D eigenvalue weighted by Gasteiger charge is 2.25. The fraction of sp³-hybridized carbons (Fsp3) is 0.200. The van der Waals surface area contributed by atoms with Crippen molar-refractivity contribution >= 4 is 18.3 Å². The van der Waals surface area contributed by atoms with Gasteiger partial charge < -0.3 is 14.9 Å². The zero-order valence-electron chi connectivity index (χ0n) is 10.7. The predicted molar refractivity (Wildman–Crippen MR) is 77.5 cm³/mol. The molecule has 3 nitrogen and oxygen atoms in total. The van der Waals surface area contributed by atoms with E-state index in [-0.39, 0.29) is 0 Å². The number of hydrogen-bond acceptors (Lipinski definition) is 3. The van der Waals surface area contributed by atoms with Crippen LogP contribution in [0.5, 0.6) is 0 Å². The van der Waals surface area contributed by atoms with Crippen LogP contribution in [0.15, 0.2) is 48.5 Å². The van der Waals surface area contributed by atoms with Gasteiger partial charge in [-0.1, -0.05) is 42.5 Å². The zero-order valence-corrected chi connectivity index (χ0v) is 10.7. The van der Waals surface area contributed by atoms with E-state index in [9.17, 15) is 10.0 Å². The first-order valence-electron chi connectivity index (χ1n) is 6.52. The molecular weight excluding hydrogens is 237 g/mol. The van der Waals surface area contributed by atoms with Gasteiger partial charge in [0.1, 0.15) is 0 Å². The maximum atomic E-state index is 9.40. The number of rotatable bonds is 3. The Morgan fingerprint density at radius 1 is 1.00 bits per heavy atom. The SMILES string of the molecule is OB(O)c1cccc2c1CCN2Cc1ccccc1. The van der Waals surface area contributed by atoms with Crippen LogP contribution in [0.4, 0.5) is 5.69 Å². The van der Waals surface area contributed by atoms with E-state index in [4.69, 9.17) is 0 Å². The molecule has 1 aliphatic heterocycles. The van der Waals surface area contributed by atoms with Crippen LogP contribution < -0.4 is 10.4 Å². The van der Waals surface area contributed by atoms with Crippen molar-refractivity contribution in [1.29, 1.82) is 0 Å². The van der Waals surface area contributed by atoms with Gasteiger partial charge in [-0.15, -0.1) is 0 Å². The minimum Gasteiger partial charge on any atom is -0.423 e. The second kappa shape index (κ2) is 5.07. The Morgan fingerprint density at radius 2 is 1.79 bits per heavy atom. The van der Waals surface area contributed by atoms with Crippen molar-refractivity contribution in [3.8, 4) is 0 Å². The number of anilines is 1. The van der Waals surface area contributed by atoms with Gasteiger partial charge in [0, 0.05) is 18.8 Å². The lowest BCUT2D eigenvalue weighted by Gasteiger charge is -2.20. The lowest BCUT2D eigenvalue weighted by Crippen LogP contribution is -2.32. The molecule has 0 spiro atoms. The zero-order chi connectivity index (χ0) is 13.2. The second-order valence-corrected chi connectivity index (χ2v) is 4.88. The summed E-state index contributed by atoms with van der Waals surface area (Å²) in [6.45, 7) is 1.78. The summed E-state index contributed by atoms with van der Waals surface area (Å²) in [6.07, 6.45) is 0.871. The van der Waals surface area contributed by atoms with E-state index in [0.29, 0.717) is 5.46 Å². The summed E-state index contributed by atoms with van der Waals surface area (Å²) >= 11 is 0. The van der Waals surface area contributed by atoms with Crippen LogP contribution >= 0.6 is 0 Å². The minimum atomic E-state index is -1.38. The number of benzene rings is 2. The molecule has 1 aliphatic rings. The summed E-state index contributed by atoms with van der Waals surface area (Å²) in [5, 5.41) is 18.8. The third kappa shape index (κ3) is 2.37. The maximum absolute atomic E-state index is 9.40. The van der Waals surface area contributed by atoms with Gasteiger partial charge in [0.05, 0.1) is 0 Å². The number of nitrogens with zero attached hydrogens (tertiary/aromatic N) is 1. The summed E-state index contributed by atoms with van der Waals surface area (Å²) in [4.78, 5) is 2.29. The Kier molecular flexibility index (Phi) is 3.28. The highest BCUT2D eigenvalue weighted by atomic mass is 16.4. The molecule has 0 aromatic heterocycles. The summed E-state index contributed by atoms with van der Waals surface area (Å²) in [5.74, 6) is 0. The average Bonchev–Trinajstić information content (AvgIpc) is 2.83. The molecule has 0 aliphatic carbocycles. The van der Waals surface area contributed by atoms with E-state index in [1.807, 2.05) is 24.3 Å². The van der Waals surface area contributed by atoms with Crippen LogP contribution in [0.1, 0.15) is 11.1 Å². The summed E-state index contributed by atoms with van der Waals surface area (Å²) in [5.41, 5.74) is 4.08. The average molecular weight is 253 g/mol.